The summed E-state index contributed by atoms with van der Waals surface area (Å²) < 4.78 is 34.3. The number of hydrogen-bond acceptors (Lipinski definition) is 8. The molecule has 3 aromatic heterocycles. The third kappa shape index (κ3) is 5.00. The number of hydrogen-bond donors (Lipinski definition) is 2. The van der Waals surface area contributed by atoms with E-state index in [4.69, 9.17) is 27.9 Å². The van der Waals surface area contributed by atoms with E-state index < -0.39 is 17.8 Å². The van der Waals surface area contributed by atoms with Gasteiger partial charge in [0.2, 0.25) is 5.95 Å². The Morgan fingerprint density at radius 2 is 1.85 bits per heavy atom. The molecule has 13 heteroatoms. The van der Waals surface area contributed by atoms with Crippen molar-refractivity contribution in [3.05, 3.63) is 99.7 Å². The largest absolute Gasteiger partial charge is 0.377 e. The summed E-state index contributed by atoms with van der Waals surface area (Å²) in [6.45, 7) is 1.14. The zero-order valence-electron chi connectivity index (χ0n) is 20.4. The van der Waals surface area contributed by atoms with Gasteiger partial charge >= 0.3 is 0 Å². The fourth-order valence-electron chi connectivity index (χ4n) is 4.32. The Labute approximate surface area is 236 Å². The Morgan fingerprint density at radius 1 is 1.05 bits per heavy atom. The smallest absolute Gasteiger partial charge is 0.249 e. The highest BCUT2D eigenvalue weighted by molar-refractivity contribution is 6.36. The highest BCUT2D eigenvalue weighted by atomic mass is 35.5. The molecule has 6 rings (SSSR count). The van der Waals surface area contributed by atoms with Gasteiger partial charge in [-0.25, -0.2) is 14.1 Å². The molecule has 1 unspecified atom stereocenters. The van der Waals surface area contributed by atoms with E-state index in [2.05, 4.69) is 37.0 Å². The Hall–Kier alpha value is -4.37. The molecule has 0 amide bonds. The molecule has 200 valence electrons. The number of anilines is 3. The number of fused-ring (bicyclic) bond motifs is 1. The first kappa shape index (κ1) is 25.9. The third-order valence-electron chi connectivity index (χ3n) is 6.44. The number of ether oxygens (including phenoxy) is 1. The first-order chi connectivity index (χ1) is 19.4. The van der Waals surface area contributed by atoms with E-state index in [1.165, 1.54) is 6.20 Å². The van der Waals surface area contributed by atoms with Crippen LogP contribution in [-0.4, -0.2) is 38.2 Å². The van der Waals surface area contributed by atoms with Crippen LogP contribution in [0.2, 0.25) is 10.0 Å². The topological polar surface area (TPSA) is 114 Å². The van der Waals surface area contributed by atoms with Gasteiger partial charge in [-0.15, -0.1) is 5.10 Å². The van der Waals surface area contributed by atoms with E-state index in [9.17, 15) is 14.0 Å². The van der Waals surface area contributed by atoms with Gasteiger partial charge in [-0.2, -0.15) is 9.65 Å². The van der Waals surface area contributed by atoms with Gasteiger partial charge in [0.1, 0.15) is 17.8 Å². The predicted molar refractivity (Wildman–Crippen MR) is 146 cm³/mol. The third-order valence-corrected chi connectivity index (χ3v) is 6.98. The second-order valence-corrected chi connectivity index (χ2v) is 9.92. The second-order valence-electron chi connectivity index (χ2n) is 9.08. The number of rotatable bonds is 7. The zero-order valence-corrected chi connectivity index (χ0v) is 22.0. The number of halogens is 4. The molecule has 0 aliphatic carbocycles. The van der Waals surface area contributed by atoms with E-state index in [1.807, 2.05) is 18.3 Å². The SMILES string of the molecule is N#Cc1cnc2c(Cl)cc(NC(c3ccc(Cl)cc3)c3cn(C4COC4)nn3)cc2c1Nc1cnc(F)c(F)c1. The fraction of sp³-hybridized carbons (Fsp3) is 0.148. The molecule has 1 aliphatic rings. The average molecular weight is 579 g/mol. The van der Waals surface area contributed by atoms with Crippen LogP contribution in [0.15, 0.2) is 61.1 Å². The van der Waals surface area contributed by atoms with Crippen LogP contribution in [0.25, 0.3) is 10.9 Å². The molecule has 1 fully saturated rings. The van der Waals surface area contributed by atoms with Crippen LogP contribution in [0.1, 0.15) is 28.9 Å². The minimum atomic E-state index is -1.23. The molecule has 1 atom stereocenters. The van der Waals surface area contributed by atoms with E-state index in [1.54, 1.807) is 28.9 Å². The molecular formula is C27H18Cl2F2N8O. The second kappa shape index (κ2) is 10.7. The monoisotopic (exact) mass is 578 g/mol. The molecule has 0 saturated carbocycles. The lowest BCUT2D eigenvalue weighted by atomic mass is 10.0. The standard InChI is InChI=1S/C27H18Cl2F2N8O/c28-16-3-1-14(2-4-16)25(23-11-39(38-37-23)19-12-40-13-19)35-17-5-20-24(36-18-7-22(30)27(31)34-10-18)15(8-32)9-33-26(20)21(29)6-17/h1-7,9-11,19,25,35H,12-13H2,(H,33,36). The lowest BCUT2D eigenvalue weighted by Gasteiger charge is -2.25. The molecule has 2 aromatic carbocycles. The molecule has 4 heterocycles. The molecule has 5 aromatic rings. The predicted octanol–water partition coefficient (Wildman–Crippen LogP) is 6.19. The highest BCUT2D eigenvalue weighted by Gasteiger charge is 2.25. The van der Waals surface area contributed by atoms with Crippen LogP contribution in [0.4, 0.5) is 25.8 Å². The van der Waals surface area contributed by atoms with E-state index in [0.29, 0.717) is 51.2 Å². The van der Waals surface area contributed by atoms with Gasteiger partial charge in [-0.1, -0.05) is 40.5 Å². The minimum Gasteiger partial charge on any atom is -0.377 e. The first-order valence-electron chi connectivity index (χ1n) is 12.0. The van der Waals surface area contributed by atoms with Gasteiger partial charge in [0.15, 0.2) is 5.82 Å². The van der Waals surface area contributed by atoms with Crippen LogP contribution < -0.4 is 10.6 Å². The highest BCUT2D eigenvalue weighted by Crippen LogP contribution is 2.37. The maximum absolute atomic E-state index is 13.9. The van der Waals surface area contributed by atoms with Crippen molar-refractivity contribution < 1.29 is 13.5 Å². The summed E-state index contributed by atoms with van der Waals surface area (Å²) in [7, 11) is 0. The quantitative estimate of drug-likeness (QED) is 0.220. The van der Waals surface area contributed by atoms with Crippen molar-refractivity contribution in [2.24, 2.45) is 0 Å². The Bertz CT molecular complexity index is 1770. The van der Waals surface area contributed by atoms with Crippen molar-refractivity contribution in [3.63, 3.8) is 0 Å². The van der Waals surface area contributed by atoms with Crippen LogP contribution in [0.5, 0.6) is 0 Å². The molecule has 0 radical (unpaired) electrons. The van der Waals surface area contributed by atoms with Crippen molar-refractivity contribution >= 4 is 51.2 Å². The maximum atomic E-state index is 13.9. The number of nitriles is 1. The summed E-state index contributed by atoms with van der Waals surface area (Å²) in [5.74, 6) is -2.36. The normalized spacial score (nSPS) is 14.0. The number of nitrogens with zero attached hydrogens (tertiary/aromatic N) is 6. The summed E-state index contributed by atoms with van der Waals surface area (Å²) in [4.78, 5) is 7.76. The van der Waals surface area contributed by atoms with Gasteiger partial charge in [-0.05, 0) is 29.8 Å². The Morgan fingerprint density at radius 3 is 2.55 bits per heavy atom. The number of nitrogens with one attached hydrogen (secondary N) is 2. The van der Waals surface area contributed by atoms with E-state index >= 15 is 0 Å². The van der Waals surface area contributed by atoms with Gasteiger partial charge in [0, 0.05) is 28.4 Å². The molecule has 2 N–H and O–H groups in total. The first-order valence-corrected chi connectivity index (χ1v) is 12.8. The van der Waals surface area contributed by atoms with Crippen LogP contribution in [0.3, 0.4) is 0 Å². The van der Waals surface area contributed by atoms with E-state index in [0.717, 1.165) is 17.8 Å². The van der Waals surface area contributed by atoms with Crippen molar-refractivity contribution in [1.29, 1.82) is 5.26 Å². The summed E-state index contributed by atoms with van der Waals surface area (Å²) in [6, 6.07) is 13.5. The fourth-order valence-corrected chi connectivity index (χ4v) is 4.72. The minimum absolute atomic E-state index is 0.122. The van der Waals surface area contributed by atoms with Crippen LogP contribution in [-0.2, 0) is 4.74 Å². The molecule has 40 heavy (non-hydrogen) atoms. The molecular weight excluding hydrogens is 561 g/mol. The summed E-state index contributed by atoms with van der Waals surface area (Å²) in [5, 5.41) is 26.3. The lowest BCUT2D eigenvalue weighted by Crippen LogP contribution is -2.31. The molecule has 0 bridgehead atoms. The van der Waals surface area contributed by atoms with Crippen molar-refractivity contribution in [2.45, 2.75) is 12.1 Å². The molecule has 1 saturated heterocycles. The van der Waals surface area contributed by atoms with Crippen molar-refractivity contribution in [3.8, 4) is 6.07 Å². The van der Waals surface area contributed by atoms with E-state index in [-0.39, 0.29) is 17.3 Å². The van der Waals surface area contributed by atoms with Gasteiger partial charge in [0.25, 0.3) is 0 Å². The van der Waals surface area contributed by atoms with Crippen LogP contribution >= 0.6 is 23.2 Å². The van der Waals surface area contributed by atoms with Crippen molar-refractivity contribution in [2.75, 3.05) is 23.8 Å². The summed E-state index contributed by atoms with van der Waals surface area (Å²) in [5.41, 5.74) is 3.14. The Kier molecular flexibility index (Phi) is 6.89. The molecule has 0 spiro atoms. The van der Waals surface area contributed by atoms with Gasteiger partial charge in [-0.3, -0.25) is 4.98 Å². The number of aromatic nitrogens is 5. The number of benzene rings is 2. The summed E-state index contributed by atoms with van der Waals surface area (Å²) >= 11 is 12.8. The zero-order chi connectivity index (χ0) is 27.8. The average Bonchev–Trinajstić information content (AvgIpc) is 3.38. The number of pyridine rings is 2. The van der Waals surface area contributed by atoms with Crippen LogP contribution in [0, 0.1) is 23.1 Å². The van der Waals surface area contributed by atoms with Gasteiger partial charge in [0.05, 0.1) is 59.1 Å². The maximum Gasteiger partial charge on any atom is 0.249 e. The molecule has 1 aliphatic heterocycles. The van der Waals surface area contributed by atoms with Crippen molar-refractivity contribution in [1.82, 2.24) is 25.0 Å². The van der Waals surface area contributed by atoms with Gasteiger partial charge < -0.3 is 15.4 Å². The lowest BCUT2D eigenvalue weighted by molar-refractivity contribution is -0.0293. The summed E-state index contributed by atoms with van der Waals surface area (Å²) in [6.07, 6.45) is 4.35. The molecule has 9 nitrogen and oxygen atoms in total. The Balaban J connectivity index is 1.43.